The van der Waals surface area contributed by atoms with Crippen molar-refractivity contribution < 1.29 is 8.39 Å². The van der Waals surface area contributed by atoms with Crippen molar-refractivity contribution in [3.63, 3.8) is 0 Å². The predicted molar refractivity (Wildman–Crippen MR) is 52.8 cm³/mol. The minimum absolute atomic E-state index is 0.149. The maximum absolute atomic E-state index is 11.2. The first-order valence-corrected chi connectivity index (χ1v) is 6.22. The smallest absolute Gasteiger partial charge is 0.0765 e. The first kappa shape index (κ1) is 10.0. The average Bonchev–Trinajstić information content (AvgIpc) is 1.91. The zero-order chi connectivity index (χ0) is 9.19. The lowest BCUT2D eigenvalue weighted by molar-refractivity contribution is 0.127. The van der Waals surface area contributed by atoms with Crippen LogP contribution < -0.4 is 0 Å². The number of piperidine rings is 1. The van der Waals surface area contributed by atoms with Crippen molar-refractivity contribution in [2.75, 3.05) is 26.4 Å². The van der Waals surface area contributed by atoms with Crippen molar-refractivity contribution >= 4 is 15.7 Å². The molecular formula is C8H17NO2S. The summed E-state index contributed by atoms with van der Waals surface area (Å²) in [6.07, 6.45) is 3.63. The fraction of sp³-hybridized carbons (Fsp3) is 0.875. The number of nitrogens with zero attached hydrogens (tertiary/aromatic N) is 1. The van der Waals surface area contributed by atoms with Crippen molar-refractivity contribution in [3.8, 4) is 0 Å². The minimum atomic E-state index is -2.26. The second-order valence-corrected chi connectivity index (χ2v) is 5.57. The third-order valence-electron chi connectivity index (χ3n) is 2.01. The molecule has 0 N–H and O–H groups in total. The Kier molecular flexibility index (Phi) is 3.15. The SMILES string of the molecule is C=S(C)(=O)OC1CCN(C)CC1. The van der Waals surface area contributed by atoms with Crippen molar-refractivity contribution in [2.24, 2.45) is 0 Å². The van der Waals surface area contributed by atoms with Crippen LogP contribution in [0.1, 0.15) is 12.8 Å². The fourth-order valence-electron chi connectivity index (χ4n) is 1.37. The summed E-state index contributed by atoms with van der Waals surface area (Å²) < 4.78 is 16.5. The lowest BCUT2D eigenvalue weighted by Crippen LogP contribution is -2.35. The van der Waals surface area contributed by atoms with E-state index in [4.69, 9.17) is 4.18 Å². The first-order valence-electron chi connectivity index (χ1n) is 4.16. The van der Waals surface area contributed by atoms with Gasteiger partial charge in [-0.25, -0.2) is 4.21 Å². The molecule has 1 aliphatic rings. The highest BCUT2D eigenvalue weighted by molar-refractivity contribution is 7.95. The Morgan fingerprint density at radius 1 is 1.50 bits per heavy atom. The van der Waals surface area contributed by atoms with Gasteiger partial charge in [0.1, 0.15) is 0 Å². The van der Waals surface area contributed by atoms with Crippen LogP contribution in [0, 0.1) is 0 Å². The summed E-state index contributed by atoms with van der Waals surface area (Å²) in [5, 5.41) is 0. The molecule has 1 aliphatic heterocycles. The van der Waals surface area contributed by atoms with E-state index in [1.165, 1.54) is 0 Å². The van der Waals surface area contributed by atoms with Crippen LogP contribution in [0.3, 0.4) is 0 Å². The second kappa shape index (κ2) is 3.77. The van der Waals surface area contributed by atoms with Gasteiger partial charge in [0.2, 0.25) is 0 Å². The van der Waals surface area contributed by atoms with Gasteiger partial charge in [-0.1, -0.05) is 0 Å². The Bertz CT molecular complexity index is 227. The van der Waals surface area contributed by atoms with Gasteiger partial charge in [-0.05, 0) is 25.8 Å². The van der Waals surface area contributed by atoms with Crippen LogP contribution >= 0.6 is 0 Å². The van der Waals surface area contributed by atoms with Crippen molar-refractivity contribution in [1.82, 2.24) is 4.90 Å². The molecule has 0 aromatic heterocycles. The summed E-state index contributed by atoms with van der Waals surface area (Å²) in [5.41, 5.74) is 0. The molecule has 0 aromatic rings. The van der Waals surface area contributed by atoms with E-state index in [0.29, 0.717) is 0 Å². The number of likely N-dealkylation sites (tertiary alicyclic amines) is 1. The average molecular weight is 191 g/mol. The van der Waals surface area contributed by atoms with Crippen LogP contribution in [0.5, 0.6) is 0 Å². The number of hydrogen-bond acceptors (Lipinski definition) is 3. The summed E-state index contributed by atoms with van der Waals surface area (Å²) in [6, 6.07) is 0. The van der Waals surface area contributed by atoms with Gasteiger partial charge >= 0.3 is 0 Å². The zero-order valence-corrected chi connectivity index (χ0v) is 8.60. The van der Waals surface area contributed by atoms with Gasteiger partial charge in [-0.15, -0.1) is 0 Å². The minimum Gasteiger partial charge on any atom is -0.306 e. The normalized spacial score (nSPS) is 26.8. The maximum atomic E-state index is 11.2. The summed E-state index contributed by atoms with van der Waals surface area (Å²) in [4.78, 5) is 2.25. The second-order valence-electron chi connectivity index (χ2n) is 3.52. The van der Waals surface area contributed by atoms with Crippen molar-refractivity contribution in [1.29, 1.82) is 0 Å². The van der Waals surface area contributed by atoms with Crippen LogP contribution in [-0.2, 0) is 14.0 Å². The molecular weight excluding hydrogens is 174 g/mol. The molecule has 12 heavy (non-hydrogen) atoms. The van der Waals surface area contributed by atoms with Gasteiger partial charge in [-0.3, -0.25) is 4.18 Å². The molecule has 1 fully saturated rings. The monoisotopic (exact) mass is 191 g/mol. The molecule has 0 amide bonds. The van der Waals surface area contributed by atoms with Crippen LogP contribution in [0.15, 0.2) is 0 Å². The molecule has 1 heterocycles. The first-order chi connectivity index (χ1) is 5.47. The molecule has 0 aliphatic carbocycles. The Hall–Kier alpha value is -0.0600. The van der Waals surface area contributed by atoms with E-state index in [9.17, 15) is 4.21 Å². The number of rotatable bonds is 2. The molecule has 1 unspecified atom stereocenters. The highest BCUT2D eigenvalue weighted by atomic mass is 32.2. The van der Waals surface area contributed by atoms with Crippen molar-refractivity contribution in [3.05, 3.63) is 0 Å². The molecule has 4 heteroatoms. The molecule has 0 saturated carbocycles. The van der Waals surface area contributed by atoms with Gasteiger partial charge in [0.15, 0.2) is 0 Å². The summed E-state index contributed by atoms with van der Waals surface area (Å²) in [6.45, 7) is 2.06. The molecule has 3 nitrogen and oxygen atoms in total. The van der Waals surface area contributed by atoms with E-state index < -0.39 is 9.80 Å². The van der Waals surface area contributed by atoms with E-state index in [1.807, 2.05) is 0 Å². The highest BCUT2D eigenvalue weighted by Gasteiger charge is 2.18. The standard InChI is InChI=1S/C8H17NO2S/c1-9-6-4-8(5-7-9)11-12(2,3)10/h8H,2,4-7H2,1,3H3. The molecule has 1 saturated heterocycles. The molecule has 1 atom stereocenters. The highest BCUT2D eigenvalue weighted by Crippen LogP contribution is 2.13. The molecule has 0 spiro atoms. The van der Waals surface area contributed by atoms with Gasteiger partial charge in [-0.2, -0.15) is 0 Å². The lowest BCUT2D eigenvalue weighted by atomic mass is 10.1. The van der Waals surface area contributed by atoms with E-state index in [0.717, 1.165) is 25.9 Å². The fourth-order valence-corrected chi connectivity index (χ4v) is 2.14. The lowest BCUT2D eigenvalue weighted by Gasteiger charge is -2.28. The molecule has 1 rings (SSSR count). The van der Waals surface area contributed by atoms with Crippen molar-refractivity contribution in [2.45, 2.75) is 18.9 Å². The Labute approximate surface area is 74.9 Å². The quantitative estimate of drug-likeness (QED) is 0.590. The molecule has 0 radical (unpaired) electrons. The van der Waals surface area contributed by atoms with Crippen LogP contribution in [0.2, 0.25) is 0 Å². The van der Waals surface area contributed by atoms with E-state index in [1.54, 1.807) is 6.26 Å². The molecule has 0 aromatic carbocycles. The number of hydrogen-bond donors (Lipinski definition) is 0. The Morgan fingerprint density at radius 2 is 2.00 bits per heavy atom. The van der Waals surface area contributed by atoms with E-state index in [2.05, 4.69) is 17.8 Å². The van der Waals surface area contributed by atoms with Crippen LogP contribution in [0.4, 0.5) is 0 Å². The van der Waals surface area contributed by atoms with Crippen LogP contribution in [-0.4, -0.2) is 47.5 Å². The maximum Gasteiger partial charge on any atom is 0.0765 e. The Morgan fingerprint density at radius 3 is 2.42 bits per heavy atom. The molecule has 0 bridgehead atoms. The third kappa shape index (κ3) is 3.56. The van der Waals surface area contributed by atoms with Gasteiger partial charge in [0.25, 0.3) is 0 Å². The third-order valence-corrected chi connectivity index (χ3v) is 2.68. The summed E-state index contributed by atoms with van der Waals surface area (Å²) in [7, 11) is -0.173. The van der Waals surface area contributed by atoms with Crippen LogP contribution in [0.25, 0.3) is 0 Å². The zero-order valence-electron chi connectivity index (χ0n) is 7.78. The van der Waals surface area contributed by atoms with Gasteiger partial charge in [0.05, 0.1) is 15.9 Å². The largest absolute Gasteiger partial charge is 0.306 e. The summed E-state index contributed by atoms with van der Waals surface area (Å²) in [5.74, 6) is 3.48. The van der Waals surface area contributed by atoms with E-state index >= 15 is 0 Å². The van der Waals surface area contributed by atoms with Gasteiger partial charge < -0.3 is 4.90 Å². The Balaban J connectivity index is 2.36. The topological polar surface area (TPSA) is 29.5 Å². The molecule has 72 valence electrons. The van der Waals surface area contributed by atoms with Gasteiger partial charge in [0, 0.05) is 19.3 Å². The summed E-state index contributed by atoms with van der Waals surface area (Å²) >= 11 is 0. The van der Waals surface area contributed by atoms with E-state index in [-0.39, 0.29) is 6.10 Å². The predicted octanol–water partition coefficient (Wildman–Crippen LogP) is 0.358.